The summed E-state index contributed by atoms with van der Waals surface area (Å²) in [5.74, 6) is 0.288. The van der Waals surface area contributed by atoms with Crippen LogP contribution in [0.25, 0.3) is 0 Å². The van der Waals surface area contributed by atoms with Gasteiger partial charge in [0, 0.05) is 18.1 Å². The van der Waals surface area contributed by atoms with Crippen molar-refractivity contribution in [1.29, 1.82) is 0 Å². The van der Waals surface area contributed by atoms with Gasteiger partial charge in [0.15, 0.2) is 0 Å². The Morgan fingerprint density at radius 3 is 2.73 bits per heavy atom. The van der Waals surface area contributed by atoms with Gasteiger partial charge >= 0.3 is 0 Å². The Morgan fingerprint density at radius 2 is 1.91 bits per heavy atom. The number of nitro benzene ring substituents is 1. The predicted octanol–water partition coefficient (Wildman–Crippen LogP) is 2.85. The number of amides is 1. The zero-order valence-electron chi connectivity index (χ0n) is 11.7. The third kappa shape index (κ3) is 2.63. The third-order valence-electron chi connectivity index (χ3n) is 3.61. The summed E-state index contributed by atoms with van der Waals surface area (Å²) in [5, 5.41) is 13.9. The number of hydrogen-bond donors (Lipinski definition) is 1. The number of fused-ring (bicyclic) bond motifs is 1. The number of nitro groups is 1. The summed E-state index contributed by atoms with van der Waals surface area (Å²) in [6.45, 7) is 0.499. The highest BCUT2D eigenvalue weighted by atomic mass is 16.6. The van der Waals surface area contributed by atoms with Gasteiger partial charge in [-0.1, -0.05) is 30.3 Å². The maximum atomic E-state index is 12.4. The Morgan fingerprint density at radius 1 is 1.18 bits per heavy atom. The van der Waals surface area contributed by atoms with Crippen molar-refractivity contribution in [2.24, 2.45) is 0 Å². The number of carbonyl (C=O) groups is 1. The summed E-state index contributed by atoms with van der Waals surface area (Å²) >= 11 is 0. The molecule has 0 saturated heterocycles. The van der Waals surface area contributed by atoms with Crippen LogP contribution in [0.3, 0.4) is 0 Å². The van der Waals surface area contributed by atoms with Gasteiger partial charge in [-0.05, 0) is 12.1 Å². The fourth-order valence-corrected chi connectivity index (χ4v) is 2.55. The molecule has 2 aromatic rings. The molecule has 0 radical (unpaired) electrons. The van der Waals surface area contributed by atoms with Crippen molar-refractivity contribution < 1.29 is 14.5 Å². The molecule has 22 heavy (non-hydrogen) atoms. The second-order valence-corrected chi connectivity index (χ2v) is 4.98. The average Bonchev–Trinajstić information content (AvgIpc) is 2.55. The van der Waals surface area contributed by atoms with E-state index in [0.717, 1.165) is 11.3 Å². The zero-order chi connectivity index (χ0) is 15.5. The molecule has 0 bridgehead atoms. The maximum absolute atomic E-state index is 12.4. The first kappa shape index (κ1) is 14.1. The van der Waals surface area contributed by atoms with Crippen molar-refractivity contribution in [2.75, 3.05) is 6.61 Å². The van der Waals surface area contributed by atoms with Gasteiger partial charge in [0.2, 0.25) is 0 Å². The molecular formula is C16H14N2O4. The molecule has 0 fully saturated rings. The second-order valence-electron chi connectivity index (χ2n) is 4.98. The van der Waals surface area contributed by atoms with Gasteiger partial charge in [-0.3, -0.25) is 14.9 Å². The van der Waals surface area contributed by atoms with E-state index in [9.17, 15) is 14.9 Å². The summed E-state index contributed by atoms with van der Waals surface area (Å²) in [4.78, 5) is 22.9. The molecule has 1 heterocycles. The van der Waals surface area contributed by atoms with Gasteiger partial charge in [0.1, 0.15) is 11.3 Å². The van der Waals surface area contributed by atoms with E-state index in [1.54, 1.807) is 12.1 Å². The molecule has 112 valence electrons. The highest BCUT2D eigenvalue weighted by Crippen LogP contribution is 2.32. The lowest BCUT2D eigenvalue weighted by Crippen LogP contribution is -2.32. The van der Waals surface area contributed by atoms with Crippen molar-refractivity contribution in [3.8, 4) is 5.75 Å². The average molecular weight is 298 g/mol. The van der Waals surface area contributed by atoms with E-state index in [1.165, 1.54) is 12.1 Å². The molecule has 0 saturated carbocycles. The lowest BCUT2D eigenvalue weighted by Gasteiger charge is -2.26. The van der Waals surface area contributed by atoms with Crippen LogP contribution < -0.4 is 10.1 Å². The van der Waals surface area contributed by atoms with E-state index in [1.807, 2.05) is 24.3 Å². The number of nitrogens with zero attached hydrogens (tertiary/aromatic N) is 1. The minimum absolute atomic E-state index is 0.0662. The van der Waals surface area contributed by atoms with Crippen LogP contribution in [0, 0.1) is 10.1 Å². The smallest absolute Gasteiger partial charge is 0.282 e. The fraction of sp³-hybridized carbons (Fsp3) is 0.188. The molecule has 1 amide bonds. The summed E-state index contributed by atoms with van der Waals surface area (Å²) in [5.41, 5.74) is 0.762. The van der Waals surface area contributed by atoms with Crippen LogP contribution in [0.1, 0.15) is 28.4 Å². The number of para-hydroxylation sites is 2. The molecule has 1 N–H and O–H groups in total. The van der Waals surface area contributed by atoms with Crippen molar-refractivity contribution in [3.63, 3.8) is 0 Å². The van der Waals surface area contributed by atoms with E-state index in [-0.39, 0.29) is 17.3 Å². The molecule has 6 heteroatoms. The minimum atomic E-state index is -0.549. The minimum Gasteiger partial charge on any atom is -0.493 e. The largest absolute Gasteiger partial charge is 0.493 e. The highest BCUT2D eigenvalue weighted by molar-refractivity contribution is 5.98. The quantitative estimate of drug-likeness (QED) is 0.698. The molecule has 1 unspecified atom stereocenters. The van der Waals surface area contributed by atoms with Gasteiger partial charge in [0.25, 0.3) is 11.6 Å². The van der Waals surface area contributed by atoms with E-state index in [4.69, 9.17) is 4.74 Å². The summed E-state index contributed by atoms with van der Waals surface area (Å²) < 4.78 is 5.54. The van der Waals surface area contributed by atoms with Gasteiger partial charge in [0.05, 0.1) is 17.6 Å². The van der Waals surface area contributed by atoms with Crippen LogP contribution in [-0.2, 0) is 0 Å². The number of nitrogens with one attached hydrogen (secondary N) is 1. The van der Waals surface area contributed by atoms with Crippen molar-refractivity contribution in [1.82, 2.24) is 5.32 Å². The van der Waals surface area contributed by atoms with Gasteiger partial charge < -0.3 is 10.1 Å². The van der Waals surface area contributed by atoms with Crippen LogP contribution in [0.15, 0.2) is 48.5 Å². The Hall–Kier alpha value is -2.89. The number of hydrogen-bond acceptors (Lipinski definition) is 4. The molecule has 0 aliphatic carbocycles. The molecular weight excluding hydrogens is 284 g/mol. The molecule has 0 aromatic heterocycles. The van der Waals surface area contributed by atoms with Gasteiger partial charge in [-0.25, -0.2) is 0 Å². The maximum Gasteiger partial charge on any atom is 0.282 e. The van der Waals surface area contributed by atoms with Crippen LogP contribution >= 0.6 is 0 Å². The predicted molar refractivity (Wildman–Crippen MR) is 79.9 cm³/mol. The molecule has 0 spiro atoms. The number of carbonyl (C=O) groups excluding carboxylic acids is 1. The van der Waals surface area contributed by atoms with E-state index in [2.05, 4.69) is 5.32 Å². The molecule has 1 aliphatic heterocycles. The zero-order valence-corrected chi connectivity index (χ0v) is 11.7. The monoisotopic (exact) mass is 298 g/mol. The summed E-state index contributed by atoms with van der Waals surface area (Å²) in [6, 6.07) is 13.2. The van der Waals surface area contributed by atoms with E-state index < -0.39 is 10.8 Å². The fourth-order valence-electron chi connectivity index (χ4n) is 2.55. The first-order valence-electron chi connectivity index (χ1n) is 6.93. The van der Waals surface area contributed by atoms with Crippen LogP contribution in [0.4, 0.5) is 5.69 Å². The molecule has 2 aromatic carbocycles. The number of ether oxygens (including phenoxy) is 1. The number of benzene rings is 2. The van der Waals surface area contributed by atoms with Crippen molar-refractivity contribution in [2.45, 2.75) is 12.5 Å². The first-order chi connectivity index (χ1) is 10.7. The SMILES string of the molecule is O=C(NC1CCOc2ccccc21)c1ccccc1[N+](=O)[O-]. The van der Waals surface area contributed by atoms with Crippen LogP contribution in [0.2, 0.25) is 0 Å². The highest BCUT2D eigenvalue weighted by Gasteiger charge is 2.26. The Bertz CT molecular complexity index is 730. The van der Waals surface area contributed by atoms with E-state index >= 15 is 0 Å². The Kier molecular flexibility index (Phi) is 3.74. The second kappa shape index (κ2) is 5.85. The van der Waals surface area contributed by atoms with Crippen molar-refractivity contribution in [3.05, 3.63) is 69.8 Å². The lowest BCUT2D eigenvalue weighted by atomic mass is 10.00. The van der Waals surface area contributed by atoms with Crippen LogP contribution in [-0.4, -0.2) is 17.4 Å². The Labute approximate surface area is 126 Å². The topological polar surface area (TPSA) is 81.5 Å². The molecule has 1 atom stereocenters. The normalized spacial score (nSPS) is 16.3. The van der Waals surface area contributed by atoms with Crippen molar-refractivity contribution >= 4 is 11.6 Å². The third-order valence-corrected chi connectivity index (χ3v) is 3.61. The first-order valence-corrected chi connectivity index (χ1v) is 6.93. The standard InChI is InChI=1S/C16H14N2O4/c19-16(12-6-1-3-7-14(12)18(20)21)17-13-9-10-22-15-8-4-2-5-11(13)15/h1-8,13H,9-10H2,(H,17,19). The number of rotatable bonds is 3. The molecule has 6 nitrogen and oxygen atoms in total. The van der Waals surface area contributed by atoms with Gasteiger partial charge in [-0.2, -0.15) is 0 Å². The molecule has 3 rings (SSSR count). The van der Waals surface area contributed by atoms with E-state index in [0.29, 0.717) is 13.0 Å². The summed E-state index contributed by atoms with van der Waals surface area (Å²) in [6.07, 6.45) is 0.628. The lowest BCUT2D eigenvalue weighted by molar-refractivity contribution is -0.385. The van der Waals surface area contributed by atoms with Gasteiger partial charge in [-0.15, -0.1) is 0 Å². The summed E-state index contributed by atoms with van der Waals surface area (Å²) in [7, 11) is 0. The Balaban J connectivity index is 1.86. The van der Waals surface area contributed by atoms with Crippen LogP contribution in [0.5, 0.6) is 5.75 Å². The molecule has 1 aliphatic rings.